The molecule has 0 aromatic carbocycles. The van der Waals surface area contributed by atoms with Gasteiger partial charge in [0, 0.05) is 37.5 Å². The predicted octanol–water partition coefficient (Wildman–Crippen LogP) is 6.62. The van der Waals surface area contributed by atoms with Crippen molar-refractivity contribution in [3.05, 3.63) is 22.8 Å². The molecule has 1 spiro atoms. The lowest BCUT2D eigenvalue weighted by molar-refractivity contribution is -0.273. The summed E-state index contributed by atoms with van der Waals surface area (Å²) in [5.74, 6) is 3.68. The first-order valence-corrected chi connectivity index (χ1v) is 13.8. The molecule has 2 aliphatic heterocycles. The van der Waals surface area contributed by atoms with E-state index in [1.54, 1.807) is 0 Å². The van der Waals surface area contributed by atoms with Gasteiger partial charge in [-0.2, -0.15) is 0 Å². The standard InChI is InChI=1S/C29H42N2O2/c1-17-9-12-29(32-16-17)18(2)26-24(33-29)14-23-21-8-7-19-13-20(30-5)10-11-27(19,3)22(21)15-25(31-6)28(23,26)4/h17-26H,7-16H2,1-4H3/t17-,18+,19+,20-,21-,22+,23+,24+,25+,26+,27+,28-,29-/m1/s1. The average molecular weight is 451 g/mol. The molecule has 33 heavy (non-hydrogen) atoms. The average Bonchev–Trinajstić information content (AvgIpc) is 3.25. The number of ether oxygens (including phenoxy) is 2. The molecule has 0 aromatic heterocycles. The summed E-state index contributed by atoms with van der Waals surface area (Å²) >= 11 is 0. The largest absolute Gasteiger partial charge is 0.349 e. The summed E-state index contributed by atoms with van der Waals surface area (Å²) in [4.78, 5) is 8.33. The van der Waals surface area contributed by atoms with Crippen molar-refractivity contribution >= 4 is 0 Å². The molecule has 0 unspecified atom stereocenters. The number of rotatable bonds is 0. The van der Waals surface area contributed by atoms with Crippen LogP contribution in [0, 0.1) is 65.4 Å². The van der Waals surface area contributed by atoms with E-state index < -0.39 is 5.79 Å². The van der Waals surface area contributed by atoms with Crippen molar-refractivity contribution in [1.29, 1.82) is 0 Å². The summed E-state index contributed by atoms with van der Waals surface area (Å²) in [7, 11) is 0. The summed E-state index contributed by atoms with van der Waals surface area (Å²) in [6.45, 7) is 26.4. The zero-order valence-electron chi connectivity index (χ0n) is 21.1. The molecule has 4 aliphatic carbocycles. The lowest BCUT2D eigenvalue weighted by Crippen LogP contribution is -2.58. The van der Waals surface area contributed by atoms with E-state index in [-0.39, 0.29) is 23.6 Å². The third kappa shape index (κ3) is 2.87. The molecule has 0 N–H and O–H groups in total. The van der Waals surface area contributed by atoms with Crippen molar-refractivity contribution in [3.8, 4) is 0 Å². The van der Waals surface area contributed by atoms with Crippen molar-refractivity contribution in [1.82, 2.24) is 0 Å². The number of nitrogens with zero attached hydrogens (tertiary/aromatic N) is 2. The summed E-state index contributed by atoms with van der Waals surface area (Å²) in [5, 5.41) is 0. The Morgan fingerprint density at radius 2 is 1.70 bits per heavy atom. The SMILES string of the molecule is [C-]#[N+][C@@H]1CC[C@@]2(C)[C@@H](CC[C@@H]3[C@@H]2C[C@H]([N+]#[C-])[C@]2(C)[C@@H]4[C@H](C[C@@H]32)O[C@]2(CC[C@@H](C)CO2)[C@H]4C)C1. The Morgan fingerprint density at radius 1 is 0.879 bits per heavy atom. The maximum Gasteiger partial charge on any atom is 0.229 e. The van der Waals surface area contributed by atoms with E-state index in [1.807, 2.05) is 0 Å². The van der Waals surface area contributed by atoms with E-state index >= 15 is 0 Å². The Labute approximate surface area is 200 Å². The minimum absolute atomic E-state index is 0.0415. The molecule has 180 valence electrons. The minimum atomic E-state index is -0.402. The smallest absolute Gasteiger partial charge is 0.229 e. The van der Waals surface area contributed by atoms with E-state index in [1.165, 1.54) is 25.7 Å². The normalized spacial score (nSPS) is 59.6. The molecule has 0 radical (unpaired) electrons. The second-order valence-corrected chi connectivity index (χ2v) is 13.4. The lowest BCUT2D eigenvalue weighted by atomic mass is 9.43. The first-order valence-electron chi connectivity index (χ1n) is 13.8. The molecule has 0 amide bonds. The molecule has 4 saturated carbocycles. The van der Waals surface area contributed by atoms with Gasteiger partial charge < -0.3 is 19.2 Å². The highest BCUT2D eigenvalue weighted by Crippen LogP contribution is 2.71. The molecule has 2 heterocycles. The maximum atomic E-state index is 8.33. The van der Waals surface area contributed by atoms with Gasteiger partial charge in [-0.3, -0.25) is 0 Å². The summed E-state index contributed by atoms with van der Waals surface area (Å²) in [6, 6.07) is 0.330. The van der Waals surface area contributed by atoms with E-state index in [9.17, 15) is 0 Å². The Morgan fingerprint density at radius 3 is 2.39 bits per heavy atom. The van der Waals surface area contributed by atoms with Crippen LogP contribution in [0.3, 0.4) is 0 Å². The van der Waals surface area contributed by atoms with Crippen molar-refractivity contribution in [2.45, 2.75) is 109 Å². The number of hydrogen-bond acceptors (Lipinski definition) is 2. The lowest BCUT2D eigenvalue weighted by Gasteiger charge is -2.60. The van der Waals surface area contributed by atoms with Crippen molar-refractivity contribution in [2.75, 3.05) is 6.61 Å². The Bertz CT molecular complexity index is 881. The molecular weight excluding hydrogens is 408 g/mol. The third-order valence-corrected chi connectivity index (χ3v) is 12.4. The quantitative estimate of drug-likeness (QED) is 0.388. The van der Waals surface area contributed by atoms with Crippen molar-refractivity contribution < 1.29 is 9.47 Å². The molecule has 6 aliphatic rings. The minimum Gasteiger partial charge on any atom is -0.349 e. The van der Waals surface area contributed by atoms with Gasteiger partial charge in [0.15, 0.2) is 5.79 Å². The van der Waals surface area contributed by atoms with Crippen LogP contribution in [-0.2, 0) is 9.47 Å². The van der Waals surface area contributed by atoms with Gasteiger partial charge in [-0.15, -0.1) is 0 Å². The fourth-order valence-electron chi connectivity index (χ4n) is 10.5. The van der Waals surface area contributed by atoms with Crippen LogP contribution >= 0.6 is 0 Å². The van der Waals surface area contributed by atoms with Crippen LogP contribution in [0.5, 0.6) is 0 Å². The highest BCUT2D eigenvalue weighted by molar-refractivity contribution is 5.21. The van der Waals surface area contributed by atoms with Gasteiger partial charge in [0.05, 0.1) is 18.1 Å². The van der Waals surface area contributed by atoms with Gasteiger partial charge in [0.25, 0.3) is 0 Å². The molecule has 0 bridgehead atoms. The Balaban J connectivity index is 1.31. The molecule has 4 heteroatoms. The van der Waals surface area contributed by atoms with Gasteiger partial charge in [0.2, 0.25) is 12.1 Å². The molecule has 13 atom stereocenters. The van der Waals surface area contributed by atoms with Crippen molar-refractivity contribution in [3.63, 3.8) is 0 Å². The van der Waals surface area contributed by atoms with E-state index in [4.69, 9.17) is 22.6 Å². The fourth-order valence-corrected chi connectivity index (χ4v) is 10.5. The first kappa shape index (κ1) is 22.4. The highest BCUT2D eigenvalue weighted by Gasteiger charge is 2.73. The van der Waals surface area contributed by atoms with Crippen LogP contribution < -0.4 is 0 Å². The monoisotopic (exact) mass is 450 g/mol. The number of fused-ring (bicyclic) bond motifs is 7. The second kappa shape index (κ2) is 7.45. The Kier molecular flexibility index (Phi) is 5.05. The van der Waals surface area contributed by atoms with Crippen LogP contribution in [0.15, 0.2) is 0 Å². The maximum absolute atomic E-state index is 8.33. The first-order chi connectivity index (χ1) is 15.8. The van der Waals surface area contributed by atoms with E-state index in [2.05, 4.69) is 37.4 Å². The van der Waals surface area contributed by atoms with E-state index in [0.29, 0.717) is 40.9 Å². The van der Waals surface area contributed by atoms with Crippen LogP contribution in [0.25, 0.3) is 9.69 Å². The summed E-state index contributed by atoms with van der Waals surface area (Å²) < 4.78 is 13.4. The van der Waals surface area contributed by atoms with Gasteiger partial charge in [0.1, 0.15) is 0 Å². The van der Waals surface area contributed by atoms with Gasteiger partial charge in [-0.25, -0.2) is 13.1 Å². The number of hydrogen-bond donors (Lipinski definition) is 0. The molecule has 2 saturated heterocycles. The molecule has 6 fully saturated rings. The fraction of sp³-hybridized carbons (Fsp3) is 0.931. The van der Waals surface area contributed by atoms with Gasteiger partial charge in [-0.05, 0) is 67.1 Å². The van der Waals surface area contributed by atoms with Gasteiger partial charge >= 0.3 is 0 Å². The third-order valence-electron chi connectivity index (χ3n) is 12.4. The molecule has 4 nitrogen and oxygen atoms in total. The van der Waals surface area contributed by atoms with Crippen molar-refractivity contribution in [2.24, 2.45) is 52.3 Å². The summed E-state index contributed by atoms with van der Waals surface area (Å²) in [6.07, 6.45) is 10.6. The highest BCUT2D eigenvalue weighted by atomic mass is 16.7. The van der Waals surface area contributed by atoms with Crippen LogP contribution in [0.2, 0.25) is 0 Å². The zero-order chi connectivity index (χ0) is 23.2. The van der Waals surface area contributed by atoms with Crippen LogP contribution in [0.4, 0.5) is 0 Å². The van der Waals surface area contributed by atoms with Gasteiger partial charge in [-0.1, -0.05) is 27.7 Å². The van der Waals surface area contributed by atoms with Crippen LogP contribution in [0.1, 0.15) is 85.5 Å². The zero-order valence-corrected chi connectivity index (χ0v) is 21.1. The molecule has 0 aromatic rings. The topological polar surface area (TPSA) is 27.2 Å². The van der Waals surface area contributed by atoms with Crippen LogP contribution in [-0.4, -0.2) is 30.6 Å². The second-order valence-electron chi connectivity index (χ2n) is 13.4. The van der Waals surface area contributed by atoms with E-state index in [0.717, 1.165) is 44.6 Å². The Hall–Kier alpha value is -1.10. The predicted molar refractivity (Wildman–Crippen MR) is 128 cm³/mol. The summed E-state index contributed by atoms with van der Waals surface area (Å²) in [5.41, 5.74) is 0.363. The molecule has 6 rings (SSSR count). The molecular formula is C29H42N2O2.